The Hall–Kier alpha value is -3.68. The van der Waals surface area contributed by atoms with Gasteiger partial charge in [0.15, 0.2) is 12.7 Å². The van der Waals surface area contributed by atoms with Crippen LogP contribution in [0.5, 0.6) is 5.75 Å². The van der Waals surface area contributed by atoms with Crippen molar-refractivity contribution >= 4 is 11.9 Å². The van der Waals surface area contributed by atoms with Crippen LogP contribution >= 0.6 is 0 Å². The molecule has 8 heteroatoms. The molecule has 1 atom stereocenters. The first-order valence-electron chi connectivity index (χ1n) is 8.64. The summed E-state index contributed by atoms with van der Waals surface area (Å²) in [7, 11) is 0. The van der Waals surface area contributed by atoms with E-state index in [0.717, 1.165) is 5.56 Å². The molecule has 8 nitrogen and oxygen atoms in total. The van der Waals surface area contributed by atoms with Gasteiger partial charge in [-0.2, -0.15) is 0 Å². The third-order valence-electron chi connectivity index (χ3n) is 3.66. The van der Waals surface area contributed by atoms with Gasteiger partial charge in [0.1, 0.15) is 12.3 Å². The lowest BCUT2D eigenvalue weighted by Gasteiger charge is -2.10. The zero-order chi connectivity index (χ0) is 19.8. The van der Waals surface area contributed by atoms with E-state index in [1.54, 1.807) is 31.2 Å². The monoisotopic (exact) mass is 381 g/mol. The number of nitrogens with one attached hydrogen (secondary N) is 1. The molecule has 1 amide bonds. The highest BCUT2D eigenvalue weighted by Crippen LogP contribution is 2.21. The number of carbonyl (C=O) groups is 2. The van der Waals surface area contributed by atoms with E-state index in [-0.39, 0.29) is 19.0 Å². The van der Waals surface area contributed by atoms with E-state index >= 15 is 0 Å². The summed E-state index contributed by atoms with van der Waals surface area (Å²) in [6, 6.07) is 18.2. The Labute approximate surface area is 161 Å². The van der Waals surface area contributed by atoms with Crippen LogP contribution < -0.4 is 10.1 Å². The Morgan fingerprint density at radius 2 is 1.71 bits per heavy atom. The third-order valence-corrected chi connectivity index (χ3v) is 3.66. The molecular weight excluding hydrogens is 362 g/mol. The molecule has 1 heterocycles. The summed E-state index contributed by atoms with van der Waals surface area (Å²) in [4.78, 5) is 23.7. The van der Waals surface area contributed by atoms with Crippen molar-refractivity contribution in [3.63, 3.8) is 0 Å². The van der Waals surface area contributed by atoms with E-state index in [4.69, 9.17) is 13.9 Å². The van der Waals surface area contributed by atoms with Crippen molar-refractivity contribution in [3.8, 4) is 17.2 Å². The second-order valence-electron chi connectivity index (χ2n) is 5.82. The van der Waals surface area contributed by atoms with Gasteiger partial charge in [0.05, 0.1) is 0 Å². The van der Waals surface area contributed by atoms with Crippen molar-refractivity contribution in [2.24, 2.45) is 0 Å². The Morgan fingerprint density at radius 1 is 1.04 bits per heavy atom. The lowest BCUT2D eigenvalue weighted by Crippen LogP contribution is -2.34. The number of aromatic nitrogens is 2. The maximum Gasteiger partial charge on any atom is 0.326 e. The van der Waals surface area contributed by atoms with Crippen molar-refractivity contribution in [3.05, 3.63) is 66.6 Å². The fourth-order valence-corrected chi connectivity index (χ4v) is 2.27. The third kappa shape index (κ3) is 5.41. The molecular formula is C20H19N3O5. The van der Waals surface area contributed by atoms with Crippen LogP contribution in [0.4, 0.5) is 0 Å². The van der Waals surface area contributed by atoms with Crippen molar-refractivity contribution < 1.29 is 23.5 Å². The van der Waals surface area contributed by atoms with Gasteiger partial charge in [0.25, 0.3) is 11.8 Å². The molecule has 0 radical (unpaired) electrons. The Balaban J connectivity index is 1.43. The normalized spacial score (nSPS) is 11.5. The first-order valence-corrected chi connectivity index (χ1v) is 8.64. The molecule has 3 rings (SSSR count). The largest absolute Gasteiger partial charge is 0.484 e. The number of rotatable bonds is 8. The number of nitrogens with zero attached hydrogens (tertiary/aromatic N) is 2. The molecule has 0 aliphatic carbocycles. The van der Waals surface area contributed by atoms with Crippen LogP contribution in [0.25, 0.3) is 11.5 Å². The van der Waals surface area contributed by atoms with Crippen molar-refractivity contribution in [1.29, 1.82) is 0 Å². The van der Waals surface area contributed by atoms with E-state index < -0.39 is 18.0 Å². The zero-order valence-electron chi connectivity index (χ0n) is 15.2. The molecule has 3 aromatic rings. The summed E-state index contributed by atoms with van der Waals surface area (Å²) >= 11 is 0. The van der Waals surface area contributed by atoms with Gasteiger partial charge in [-0.1, -0.05) is 36.4 Å². The zero-order valence-corrected chi connectivity index (χ0v) is 15.2. The SMILES string of the molecule is C[C@H](OC(=O)CNC(=O)COc1ccccc1)c1nnc(-c2ccccc2)o1. The molecule has 2 aromatic carbocycles. The summed E-state index contributed by atoms with van der Waals surface area (Å²) in [6.45, 7) is 1.12. The van der Waals surface area contributed by atoms with Crippen LogP contribution in [0.15, 0.2) is 65.1 Å². The number of hydrogen-bond donors (Lipinski definition) is 1. The molecule has 0 unspecified atom stereocenters. The van der Waals surface area contributed by atoms with Crippen LogP contribution in [-0.4, -0.2) is 35.2 Å². The minimum atomic E-state index is -0.741. The van der Waals surface area contributed by atoms with Crippen molar-refractivity contribution in [1.82, 2.24) is 15.5 Å². The second kappa shape index (κ2) is 9.31. The lowest BCUT2D eigenvalue weighted by atomic mass is 10.2. The Kier molecular flexibility index (Phi) is 6.35. The highest BCUT2D eigenvalue weighted by molar-refractivity contribution is 5.82. The van der Waals surface area contributed by atoms with Gasteiger partial charge in [-0.3, -0.25) is 9.59 Å². The quantitative estimate of drug-likeness (QED) is 0.598. The molecule has 0 saturated heterocycles. The van der Waals surface area contributed by atoms with Crippen LogP contribution in [0.2, 0.25) is 0 Å². The van der Waals surface area contributed by atoms with Gasteiger partial charge in [0.2, 0.25) is 5.89 Å². The van der Waals surface area contributed by atoms with Gasteiger partial charge in [-0.05, 0) is 31.2 Å². The van der Waals surface area contributed by atoms with Gasteiger partial charge in [-0.15, -0.1) is 10.2 Å². The highest BCUT2D eigenvalue weighted by Gasteiger charge is 2.19. The summed E-state index contributed by atoms with van der Waals surface area (Å²) in [5, 5.41) is 10.3. The van der Waals surface area contributed by atoms with E-state index in [0.29, 0.717) is 11.6 Å². The van der Waals surface area contributed by atoms with Gasteiger partial charge in [0, 0.05) is 5.56 Å². The minimum Gasteiger partial charge on any atom is -0.484 e. The van der Waals surface area contributed by atoms with E-state index in [2.05, 4.69) is 15.5 Å². The van der Waals surface area contributed by atoms with Gasteiger partial charge in [-0.25, -0.2) is 0 Å². The maximum absolute atomic E-state index is 11.9. The Morgan fingerprint density at radius 3 is 2.43 bits per heavy atom. The summed E-state index contributed by atoms with van der Waals surface area (Å²) in [5.74, 6) is 0.0212. The van der Waals surface area contributed by atoms with E-state index in [1.165, 1.54) is 0 Å². The topological polar surface area (TPSA) is 104 Å². The molecule has 0 fully saturated rings. The number of para-hydroxylation sites is 1. The first-order chi connectivity index (χ1) is 13.6. The molecule has 1 aromatic heterocycles. The molecule has 144 valence electrons. The average Bonchev–Trinajstić information content (AvgIpc) is 3.23. The van der Waals surface area contributed by atoms with E-state index in [9.17, 15) is 9.59 Å². The summed E-state index contributed by atoms with van der Waals surface area (Å²) in [6.07, 6.45) is -0.741. The number of amides is 1. The number of ether oxygens (including phenoxy) is 2. The molecule has 1 N–H and O–H groups in total. The molecule has 0 aliphatic rings. The molecule has 0 bridgehead atoms. The standard InChI is InChI=1S/C20H19N3O5/c1-14(19-22-23-20(28-19)15-8-4-2-5-9-15)27-18(25)12-21-17(24)13-26-16-10-6-3-7-11-16/h2-11,14H,12-13H2,1H3,(H,21,24)/t14-/m0/s1. The van der Waals surface area contributed by atoms with Gasteiger partial charge < -0.3 is 19.2 Å². The Bertz CT molecular complexity index is 912. The fraction of sp³-hybridized carbons (Fsp3) is 0.200. The summed E-state index contributed by atoms with van der Waals surface area (Å²) < 4.78 is 16.0. The first kappa shape index (κ1) is 19.1. The van der Waals surface area contributed by atoms with Crippen LogP contribution in [-0.2, 0) is 14.3 Å². The van der Waals surface area contributed by atoms with Crippen molar-refractivity contribution in [2.75, 3.05) is 13.2 Å². The number of benzene rings is 2. The lowest BCUT2D eigenvalue weighted by molar-refractivity contribution is -0.149. The number of esters is 1. The minimum absolute atomic E-state index is 0.172. The predicted octanol–water partition coefficient (Wildman–Crippen LogP) is 2.54. The predicted molar refractivity (Wildman–Crippen MR) is 99.2 cm³/mol. The highest BCUT2D eigenvalue weighted by atomic mass is 16.6. The summed E-state index contributed by atoms with van der Waals surface area (Å²) in [5.41, 5.74) is 0.769. The van der Waals surface area contributed by atoms with Crippen LogP contribution in [0, 0.1) is 0 Å². The second-order valence-corrected chi connectivity index (χ2v) is 5.82. The van der Waals surface area contributed by atoms with Gasteiger partial charge >= 0.3 is 5.97 Å². The molecule has 28 heavy (non-hydrogen) atoms. The van der Waals surface area contributed by atoms with Crippen molar-refractivity contribution in [2.45, 2.75) is 13.0 Å². The average molecular weight is 381 g/mol. The smallest absolute Gasteiger partial charge is 0.326 e. The molecule has 0 saturated carbocycles. The molecule has 0 spiro atoms. The van der Waals surface area contributed by atoms with Crippen LogP contribution in [0.1, 0.15) is 18.9 Å². The maximum atomic E-state index is 11.9. The number of hydrogen-bond acceptors (Lipinski definition) is 7. The number of carbonyl (C=O) groups excluding carboxylic acids is 2. The fourth-order valence-electron chi connectivity index (χ4n) is 2.27. The van der Waals surface area contributed by atoms with Crippen LogP contribution in [0.3, 0.4) is 0 Å². The molecule has 0 aliphatic heterocycles. The van der Waals surface area contributed by atoms with E-state index in [1.807, 2.05) is 36.4 Å².